The first-order valence-corrected chi connectivity index (χ1v) is 7.43. The van der Waals surface area contributed by atoms with E-state index in [9.17, 15) is 14.9 Å². The molecule has 0 aliphatic carbocycles. The zero-order valence-corrected chi connectivity index (χ0v) is 13.9. The number of nitrogens with zero attached hydrogens (tertiary/aromatic N) is 3. The molecule has 1 amide bonds. The molecule has 0 heterocycles. The smallest absolute Gasteiger partial charge is 0.310 e. The third-order valence-corrected chi connectivity index (χ3v) is 3.23. The first-order chi connectivity index (χ1) is 12.0. The topological polar surface area (TPSA) is 97.1 Å². The van der Waals surface area contributed by atoms with Crippen molar-refractivity contribution in [3.05, 3.63) is 64.2 Å². The van der Waals surface area contributed by atoms with E-state index >= 15 is 0 Å². The predicted molar refractivity (Wildman–Crippen MR) is 95.1 cm³/mol. The van der Waals surface area contributed by atoms with E-state index in [1.807, 2.05) is 43.3 Å². The fourth-order valence-electron chi connectivity index (χ4n) is 1.94. The van der Waals surface area contributed by atoms with Crippen LogP contribution in [-0.4, -0.2) is 37.7 Å². The van der Waals surface area contributed by atoms with Crippen molar-refractivity contribution in [3.8, 4) is 5.75 Å². The number of hydrogen-bond donors (Lipinski definition) is 1. The fraction of sp³-hybridized carbons (Fsp3) is 0.176. The van der Waals surface area contributed by atoms with E-state index in [-0.39, 0.29) is 18.0 Å². The summed E-state index contributed by atoms with van der Waals surface area (Å²) in [5.74, 6) is -0.481. The highest BCUT2D eigenvalue weighted by molar-refractivity contribution is 5.83. The average Bonchev–Trinajstić information content (AvgIpc) is 2.60. The quantitative estimate of drug-likeness (QED) is 0.472. The van der Waals surface area contributed by atoms with Gasteiger partial charge < -0.3 is 9.64 Å². The van der Waals surface area contributed by atoms with Crippen LogP contribution in [0.25, 0.3) is 0 Å². The van der Waals surface area contributed by atoms with Gasteiger partial charge in [-0.15, -0.1) is 0 Å². The Kier molecular flexibility index (Phi) is 6.05. The number of anilines is 1. The zero-order chi connectivity index (χ0) is 18.2. The van der Waals surface area contributed by atoms with Crippen molar-refractivity contribution >= 4 is 23.5 Å². The highest BCUT2D eigenvalue weighted by atomic mass is 16.6. The number of hydrogen-bond acceptors (Lipinski definition) is 6. The molecule has 8 heteroatoms. The fourth-order valence-corrected chi connectivity index (χ4v) is 1.94. The van der Waals surface area contributed by atoms with Gasteiger partial charge in [-0.3, -0.25) is 14.9 Å². The van der Waals surface area contributed by atoms with Crippen LogP contribution >= 0.6 is 0 Å². The van der Waals surface area contributed by atoms with Crippen LogP contribution < -0.4 is 15.1 Å². The summed E-state index contributed by atoms with van der Waals surface area (Å²) in [4.78, 5) is 24.0. The first kappa shape index (κ1) is 17.9. The Labute approximate surface area is 144 Å². The number of para-hydroxylation sites is 2. The molecule has 2 aromatic rings. The van der Waals surface area contributed by atoms with Gasteiger partial charge in [-0.25, -0.2) is 5.43 Å². The Morgan fingerprint density at radius 3 is 2.56 bits per heavy atom. The molecule has 0 radical (unpaired) electrons. The summed E-state index contributed by atoms with van der Waals surface area (Å²) in [6.45, 7) is -0.373. The molecule has 0 aliphatic heterocycles. The molecule has 8 nitrogen and oxygen atoms in total. The molecule has 130 valence electrons. The van der Waals surface area contributed by atoms with Gasteiger partial charge in [0.15, 0.2) is 12.4 Å². The molecule has 0 unspecified atom stereocenters. The lowest BCUT2D eigenvalue weighted by molar-refractivity contribution is -0.385. The Hall–Kier alpha value is -3.42. The van der Waals surface area contributed by atoms with E-state index in [1.165, 1.54) is 24.4 Å². The molecular weight excluding hydrogens is 324 g/mol. The van der Waals surface area contributed by atoms with Gasteiger partial charge in [-0.2, -0.15) is 5.10 Å². The van der Waals surface area contributed by atoms with Crippen LogP contribution in [0.4, 0.5) is 11.4 Å². The Bertz CT molecular complexity index is 772. The van der Waals surface area contributed by atoms with E-state index < -0.39 is 10.8 Å². The number of rotatable bonds is 7. The molecule has 2 aromatic carbocycles. The number of nitrogens with one attached hydrogen (secondary N) is 1. The van der Waals surface area contributed by atoms with Crippen molar-refractivity contribution in [2.45, 2.75) is 0 Å². The zero-order valence-electron chi connectivity index (χ0n) is 13.9. The van der Waals surface area contributed by atoms with Crippen molar-refractivity contribution in [3.63, 3.8) is 0 Å². The molecule has 25 heavy (non-hydrogen) atoms. The first-order valence-electron chi connectivity index (χ1n) is 7.43. The van der Waals surface area contributed by atoms with E-state index in [0.29, 0.717) is 0 Å². The predicted octanol–water partition coefficient (Wildman–Crippen LogP) is 2.19. The number of benzene rings is 2. The highest BCUT2D eigenvalue weighted by Crippen LogP contribution is 2.25. The second-order valence-corrected chi connectivity index (χ2v) is 5.29. The van der Waals surface area contributed by atoms with Gasteiger partial charge >= 0.3 is 5.69 Å². The van der Waals surface area contributed by atoms with Crippen LogP contribution in [0.3, 0.4) is 0 Å². The van der Waals surface area contributed by atoms with Gasteiger partial charge in [0.05, 0.1) is 11.1 Å². The highest BCUT2D eigenvalue weighted by Gasteiger charge is 2.14. The second-order valence-electron chi connectivity index (χ2n) is 5.29. The van der Waals surface area contributed by atoms with Crippen molar-refractivity contribution in [1.29, 1.82) is 0 Å². The monoisotopic (exact) mass is 342 g/mol. The van der Waals surface area contributed by atoms with Crippen molar-refractivity contribution in [2.75, 3.05) is 25.6 Å². The summed E-state index contributed by atoms with van der Waals surface area (Å²) < 4.78 is 5.17. The molecule has 0 fully saturated rings. The second kappa shape index (κ2) is 8.44. The molecule has 0 aromatic heterocycles. The lowest BCUT2D eigenvalue weighted by Crippen LogP contribution is -2.24. The minimum atomic E-state index is -0.567. The normalized spacial score (nSPS) is 10.5. The molecule has 0 bridgehead atoms. The van der Waals surface area contributed by atoms with Crippen LogP contribution in [0.2, 0.25) is 0 Å². The summed E-state index contributed by atoms with van der Waals surface area (Å²) in [6.07, 6.45) is 1.50. The van der Waals surface area contributed by atoms with Crippen LogP contribution in [0, 0.1) is 10.1 Å². The molecule has 2 rings (SSSR count). The number of nitro groups is 1. The molecule has 0 aliphatic rings. The van der Waals surface area contributed by atoms with Crippen LogP contribution in [0.5, 0.6) is 5.75 Å². The van der Waals surface area contributed by atoms with Gasteiger partial charge in [0.1, 0.15) is 0 Å². The Morgan fingerprint density at radius 2 is 1.92 bits per heavy atom. The lowest BCUT2D eigenvalue weighted by atomic mass is 10.2. The number of carbonyl (C=O) groups is 1. The standard InChI is InChI=1S/C17H18N4O4/c1-20(2)14-9-7-13(8-10-14)11-18-19-17(22)12-25-16-6-4-3-5-15(16)21(23)24/h3-11H,12H2,1-2H3,(H,19,22)/b18-11-. The summed E-state index contributed by atoms with van der Waals surface area (Å²) in [6, 6.07) is 13.5. The number of ether oxygens (including phenoxy) is 1. The molecular formula is C17H18N4O4. The van der Waals surface area contributed by atoms with Crippen LogP contribution in [-0.2, 0) is 4.79 Å². The van der Waals surface area contributed by atoms with Crippen molar-refractivity contribution in [1.82, 2.24) is 5.43 Å². The third-order valence-electron chi connectivity index (χ3n) is 3.23. The van der Waals surface area contributed by atoms with E-state index in [0.717, 1.165) is 11.3 Å². The molecule has 1 N–H and O–H groups in total. The molecule has 0 spiro atoms. The minimum absolute atomic E-state index is 0.0332. The number of hydrazone groups is 1. The average molecular weight is 342 g/mol. The Balaban J connectivity index is 1.85. The summed E-state index contributed by atoms with van der Waals surface area (Å²) >= 11 is 0. The Morgan fingerprint density at radius 1 is 1.24 bits per heavy atom. The van der Waals surface area contributed by atoms with Gasteiger partial charge in [-0.1, -0.05) is 24.3 Å². The SMILES string of the molecule is CN(C)c1ccc(/C=N\NC(=O)COc2ccccc2[N+](=O)[O-])cc1. The molecule has 0 saturated carbocycles. The van der Waals surface area contributed by atoms with Crippen molar-refractivity contribution in [2.24, 2.45) is 5.10 Å². The number of carbonyl (C=O) groups excluding carboxylic acids is 1. The van der Waals surface area contributed by atoms with E-state index in [4.69, 9.17) is 4.74 Å². The summed E-state index contributed by atoms with van der Waals surface area (Å²) in [7, 11) is 3.89. The maximum atomic E-state index is 11.7. The number of amides is 1. The lowest BCUT2D eigenvalue weighted by Gasteiger charge is -2.11. The largest absolute Gasteiger partial charge is 0.477 e. The van der Waals surface area contributed by atoms with Gasteiger partial charge in [0.25, 0.3) is 5.91 Å². The van der Waals surface area contributed by atoms with E-state index in [2.05, 4.69) is 10.5 Å². The third kappa shape index (κ3) is 5.31. The number of nitro benzene ring substituents is 1. The summed E-state index contributed by atoms with van der Waals surface area (Å²) in [5.41, 5.74) is 4.00. The maximum Gasteiger partial charge on any atom is 0.310 e. The van der Waals surface area contributed by atoms with Gasteiger partial charge in [-0.05, 0) is 23.8 Å². The van der Waals surface area contributed by atoms with Gasteiger partial charge in [0.2, 0.25) is 0 Å². The molecule has 0 atom stereocenters. The molecule has 0 saturated heterocycles. The van der Waals surface area contributed by atoms with E-state index in [1.54, 1.807) is 6.07 Å². The van der Waals surface area contributed by atoms with Crippen molar-refractivity contribution < 1.29 is 14.5 Å². The minimum Gasteiger partial charge on any atom is -0.477 e. The summed E-state index contributed by atoms with van der Waals surface area (Å²) in [5, 5.41) is 14.7. The van der Waals surface area contributed by atoms with Crippen LogP contribution in [0.15, 0.2) is 53.6 Å². The van der Waals surface area contributed by atoms with Gasteiger partial charge in [0, 0.05) is 25.8 Å². The van der Waals surface area contributed by atoms with Crippen LogP contribution in [0.1, 0.15) is 5.56 Å². The maximum absolute atomic E-state index is 11.7.